The van der Waals surface area contributed by atoms with Crippen molar-refractivity contribution in [2.24, 2.45) is 5.41 Å². The SMILES string of the molecule is COCC1(C(=O)N2CCN(C(=O)c3ccc(C)cc3)CC2)CCNCC1. The van der Waals surface area contributed by atoms with Crippen LogP contribution in [0.3, 0.4) is 0 Å². The Labute approximate surface area is 155 Å². The first-order chi connectivity index (χ1) is 12.6. The number of nitrogens with zero attached hydrogens (tertiary/aromatic N) is 2. The van der Waals surface area contributed by atoms with Crippen LogP contribution < -0.4 is 5.32 Å². The van der Waals surface area contributed by atoms with Crippen molar-refractivity contribution in [3.05, 3.63) is 35.4 Å². The van der Waals surface area contributed by atoms with Crippen LogP contribution in [0.1, 0.15) is 28.8 Å². The zero-order valence-electron chi connectivity index (χ0n) is 15.8. The van der Waals surface area contributed by atoms with E-state index >= 15 is 0 Å². The van der Waals surface area contributed by atoms with Crippen molar-refractivity contribution in [3.63, 3.8) is 0 Å². The summed E-state index contributed by atoms with van der Waals surface area (Å²) in [5.74, 6) is 0.230. The summed E-state index contributed by atoms with van der Waals surface area (Å²) >= 11 is 0. The molecule has 6 nitrogen and oxygen atoms in total. The minimum absolute atomic E-state index is 0.0468. The highest BCUT2D eigenvalue weighted by Gasteiger charge is 2.43. The first-order valence-electron chi connectivity index (χ1n) is 9.41. The Morgan fingerprint density at radius 3 is 2.19 bits per heavy atom. The number of hydrogen-bond acceptors (Lipinski definition) is 4. The average molecular weight is 359 g/mol. The molecule has 1 aromatic carbocycles. The van der Waals surface area contributed by atoms with Crippen molar-refractivity contribution < 1.29 is 14.3 Å². The molecule has 0 radical (unpaired) electrons. The van der Waals surface area contributed by atoms with Crippen LogP contribution in [0.15, 0.2) is 24.3 Å². The fourth-order valence-electron chi connectivity index (χ4n) is 3.93. The quantitative estimate of drug-likeness (QED) is 0.880. The molecule has 0 aliphatic carbocycles. The van der Waals surface area contributed by atoms with Crippen LogP contribution in [-0.2, 0) is 9.53 Å². The van der Waals surface area contributed by atoms with Crippen molar-refractivity contribution in [3.8, 4) is 0 Å². The summed E-state index contributed by atoms with van der Waals surface area (Å²) in [5, 5.41) is 3.32. The Hall–Kier alpha value is -1.92. The van der Waals surface area contributed by atoms with Crippen molar-refractivity contribution in [1.82, 2.24) is 15.1 Å². The minimum Gasteiger partial charge on any atom is -0.384 e. The van der Waals surface area contributed by atoms with Gasteiger partial charge in [0, 0.05) is 38.9 Å². The molecule has 1 aromatic rings. The number of amides is 2. The lowest BCUT2D eigenvalue weighted by molar-refractivity contribution is -0.149. The number of ether oxygens (including phenoxy) is 1. The molecule has 0 spiro atoms. The van der Waals surface area contributed by atoms with Crippen molar-refractivity contribution in [1.29, 1.82) is 0 Å². The Balaban J connectivity index is 1.61. The number of piperidine rings is 1. The van der Waals surface area contributed by atoms with Gasteiger partial charge in [0.25, 0.3) is 5.91 Å². The average Bonchev–Trinajstić information content (AvgIpc) is 2.68. The topological polar surface area (TPSA) is 61.9 Å². The summed E-state index contributed by atoms with van der Waals surface area (Å²) in [5.41, 5.74) is 1.44. The van der Waals surface area contributed by atoms with Crippen LogP contribution >= 0.6 is 0 Å². The minimum atomic E-state index is -0.414. The largest absolute Gasteiger partial charge is 0.384 e. The second-order valence-electron chi connectivity index (χ2n) is 7.41. The van der Waals surface area contributed by atoms with Crippen molar-refractivity contribution in [2.45, 2.75) is 19.8 Å². The van der Waals surface area contributed by atoms with Gasteiger partial charge in [0.2, 0.25) is 5.91 Å². The van der Waals surface area contributed by atoms with Gasteiger partial charge in [-0.3, -0.25) is 9.59 Å². The molecule has 3 rings (SSSR count). The van der Waals surface area contributed by atoms with Gasteiger partial charge in [0.1, 0.15) is 0 Å². The molecular weight excluding hydrogens is 330 g/mol. The monoisotopic (exact) mass is 359 g/mol. The number of aryl methyl sites for hydroxylation is 1. The van der Waals surface area contributed by atoms with E-state index in [1.165, 1.54) is 0 Å². The number of carbonyl (C=O) groups excluding carboxylic acids is 2. The van der Waals surface area contributed by atoms with E-state index in [0.717, 1.165) is 31.5 Å². The molecular formula is C20H29N3O3. The van der Waals surface area contributed by atoms with Crippen LogP contribution in [-0.4, -0.2) is 74.6 Å². The van der Waals surface area contributed by atoms with E-state index in [1.807, 2.05) is 41.0 Å². The molecule has 142 valence electrons. The molecule has 0 unspecified atom stereocenters. The van der Waals surface area contributed by atoms with E-state index in [1.54, 1.807) is 7.11 Å². The summed E-state index contributed by atoms with van der Waals surface area (Å²) in [4.78, 5) is 29.6. The molecule has 2 aliphatic heterocycles. The maximum Gasteiger partial charge on any atom is 0.253 e. The first kappa shape index (κ1) is 18.9. The highest BCUT2D eigenvalue weighted by atomic mass is 16.5. The Kier molecular flexibility index (Phi) is 5.94. The Morgan fingerprint density at radius 2 is 1.62 bits per heavy atom. The van der Waals surface area contributed by atoms with E-state index < -0.39 is 5.41 Å². The summed E-state index contributed by atoms with van der Waals surface area (Å²) in [6.07, 6.45) is 1.62. The molecule has 0 atom stereocenters. The Morgan fingerprint density at radius 1 is 1.04 bits per heavy atom. The molecule has 1 N–H and O–H groups in total. The molecule has 2 fully saturated rings. The zero-order valence-corrected chi connectivity index (χ0v) is 15.8. The number of methoxy groups -OCH3 is 1. The molecule has 2 aliphatic rings. The van der Waals surface area contributed by atoms with Crippen molar-refractivity contribution >= 4 is 11.8 Å². The number of nitrogens with one attached hydrogen (secondary N) is 1. The summed E-state index contributed by atoms with van der Waals surface area (Å²) < 4.78 is 5.38. The molecule has 0 aromatic heterocycles. The van der Waals surface area contributed by atoms with Gasteiger partial charge in [-0.15, -0.1) is 0 Å². The van der Waals surface area contributed by atoms with Crippen LogP contribution in [0.25, 0.3) is 0 Å². The van der Waals surface area contributed by atoms with E-state index in [0.29, 0.717) is 38.3 Å². The molecule has 2 saturated heterocycles. The van der Waals surface area contributed by atoms with Crippen LogP contribution in [0.4, 0.5) is 0 Å². The number of benzene rings is 1. The van der Waals surface area contributed by atoms with Crippen molar-refractivity contribution in [2.75, 3.05) is 53.0 Å². The van der Waals surface area contributed by atoms with E-state index in [9.17, 15) is 9.59 Å². The van der Waals surface area contributed by atoms with E-state index in [2.05, 4.69) is 5.32 Å². The molecule has 6 heteroatoms. The molecule has 0 saturated carbocycles. The smallest absolute Gasteiger partial charge is 0.253 e. The van der Waals surface area contributed by atoms with Crippen LogP contribution in [0.5, 0.6) is 0 Å². The van der Waals surface area contributed by atoms with Gasteiger partial charge >= 0.3 is 0 Å². The molecule has 26 heavy (non-hydrogen) atoms. The Bertz CT molecular complexity index is 625. The van der Waals surface area contributed by atoms with Gasteiger partial charge < -0.3 is 19.9 Å². The fraction of sp³-hybridized carbons (Fsp3) is 0.600. The predicted octanol–water partition coefficient (Wildman–Crippen LogP) is 1.30. The second-order valence-corrected chi connectivity index (χ2v) is 7.41. The lowest BCUT2D eigenvalue weighted by Gasteiger charge is -2.42. The van der Waals surface area contributed by atoms with Gasteiger partial charge in [0.05, 0.1) is 12.0 Å². The maximum atomic E-state index is 13.2. The highest BCUT2D eigenvalue weighted by Crippen LogP contribution is 2.32. The number of carbonyl (C=O) groups is 2. The third-order valence-corrected chi connectivity index (χ3v) is 5.59. The fourth-order valence-corrected chi connectivity index (χ4v) is 3.93. The summed E-state index contributed by atoms with van der Waals surface area (Å²) in [6, 6.07) is 7.66. The third kappa shape index (κ3) is 3.91. The van der Waals surface area contributed by atoms with Gasteiger partial charge in [0.15, 0.2) is 0 Å². The van der Waals surface area contributed by atoms with Gasteiger partial charge in [-0.25, -0.2) is 0 Å². The third-order valence-electron chi connectivity index (χ3n) is 5.59. The zero-order chi connectivity index (χ0) is 18.6. The van der Waals surface area contributed by atoms with Crippen LogP contribution in [0.2, 0.25) is 0 Å². The van der Waals surface area contributed by atoms with Gasteiger partial charge in [-0.2, -0.15) is 0 Å². The molecule has 0 bridgehead atoms. The highest BCUT2D eigenvalue weighted by molar-refractivity contribution is 5.94. The lowest BCUT2D eigenvalue weighted by atomic mass is 9.78. The van der Waals surface area contributed by atoms with Gasteiger partial charge in [-0.05, 0) is 45.0 Å². The van der Waals surface area contributed by atoms with E-state index in [-0.39, 0.29) is 11.8 Å². The standard InChI is InChI=1S/C20H29N3O3/c1-16-3-5-17(6-4-16)18(24)22-11-13-23(14-12-22)19(25)20(15-26-2)7-9-21-10-8-20/h3-6,21H,7-15H2,1-2H3. The second kappa shape index (κ2) is 8.18. The molecule has 2 amide bonds. The van der Waals surface area contributed by atoms with Crippen LogP contribution in [0, 0.1) is 12.3 Å². The maximum absolute atomic E-state index is 13.2. The summed E-state index contributed by atoms with van der Waals surface area (Å²) in [7, 11) is 1.66. The first-order valence-corrected chi connectivity index (χ1v) is 9.41. The number of rotatable bonds is 4. The number of piperazine rings is 1. The predicted molar refractivity (Wildman–Crippen MR) is 100 cm³/mol. The summed E-state index contributed by atoms with van der Waals surface area (Å²) in [6.45, 7) is 6.53. The van der Waals surface area contributed by atoms with Gasteiger partial charge in [-0.1, -0.05) is 17.7 Å². The normalized spacial score (nSPS) is 20.1. The lowest BCUT2D eigenvalue weighted by Crippen LogP contribution is -2.57. The number of hydrogen-bond donors (Lipinski definition) is 1. The van der Waals surface area contributed by atoms with E-state index in [4.69, 9.17) is 4.74 Å². The molecule has 2 heterocycles.